The minimum atomic E-state index is -0.854. The maximum Gasteiger partial charge on any atom is 0.305 e. The monoisotopic (exact) mass is 263 g/mol. The topological polar surface area (TPSA) is 57.6 Å². The lowest BCUT2D eigenvalue weighted by Crippen LogP contribution is -2.36. The predicted octanol–water partition coefficient (Wildman–Crippen LogP) is 1.09. The lowest BCUT2D eigenvalue weighted by atomic mass is 10.1. The van der Waals surface area contributed by atoms with Gasteiger partial charge >= 0.3 is 5.97 Å². The van der Waals surface area contributed by atoms with E-state index >= 15 is 0 Å². The highest BCUT2D eigenvalue weighted by Gasteiger charge is 2.32. The van der Waals surface area contributed by atoms with Crippen LogP contribution in [0.25, 0.3) is 0 Å². The first-order valence-corrected chi connectivity index (χ1v) is 5.74. The fraction of sp³-hybridized carbons (Fsp3) is 0.778. The zero-order valence-electron chi connectivity index (χ0n) is 8.07. The fourth-order valence-electron chi connectivity index (χ4n) is 1.70. The number of alkyl halides is 1. The molecule has 1 saturated heterocycles. The van der Waals surface area contributed by atoms with Crippen molar-refractivity contribution in [2.45, 2.75) is 25.8 Å². The molecular weight excluding hydrogens is 250 g/mol. The Morgan fingerprint density at radius 2 is 2.43 bits per heavy atom. The molecule has 0 spiro atoms. The molecule has 4 nitrogen and oxygen atoms in total. The van der Waals surface area contributed by atoms with Crippen molar-refractivity contribution in [1.82, 2.24) is 4.90 Å². The van der Waals surface area contributed by atoms with Gasteiger partial charge in [-0.25, -0.2) is 0 Å². The Morgan fingerprint density at radius 1 is 1.79 bits per heavy atom. The van der Waals surface area contributed by atoms with Gasteiger partial charge in [-0.3, -0.25) is 9.59 Å². The highest BCUT2D eigenvalue weighted by atomic mass is 79.9. The number of carboxylic acids is 1. The summed E-state index contributed by atoms with van der Waals surface area (Å²) in [6, 6.07) is -0.191. The van der Waals surface area contributed by atoms with Gasteiger partial charge in [0, 0.05) is 24.3 Å². The number of carboxylic acid groups (broad SMARTS) is 1. The molecule has 5 heteroatoms. The largest absolute Gasteiger partial charge is 0.481 e. The average molecular weight is 264 g/mol. The second kappa shape index (κ2) is 4.77. The molecule has 1 fully saturated rings. The van der Waals surface area contributed by atoms with Crippen molar-refractivity contribution in [2.75, 3.05) is 11.9 Å². The number of rotatable bonds is 4. The number of hydrogen-bond acceptors (Lipinski definition) is 2. The minimum absolute atomic E-state index is 0.0285. The Labute approximate surface area is 91.4 Å². The van der Waals surface area contributed by atoms with Gasteiger partial charge in [0.15, 0.2) is 0 Å². The van der Waals surface area contributed by atoms with Crippen LogP contribution in [-0.4, -0.2) is 39.8 Å². The van der Waals surface area contributed by atoms with E-state index in [1.807, 2.05) is 0 Å². The molecule has 1 N–H and O–H groups in total. The van der Waals surface area contributed by atoms with Gasteiger partial charge < -0.3 is 10.0 Å². The minimum Gasteiger partial charge on any atom is -0.481 e. The molecular formula is C9H14BrNO3. The summed E-state index contributed by atoms with van der Waals surface area (Å²) in [5.74, 6) is -0.450. The standard InChI is InChI=1S/C9H14BrNO3/c1-6(2-9(13)14)11-5-7(4-10)3-8(11)12/h6-7H,2-5H2,1H3,(H,13,14)/t6-,7?/m1/s1. The lowest BCUT2D eigenvalue weighted by Gasteiger charge is -2.23. The van der Waals surface area contributed by atoms with Crippen molar-refractivity contribution in [3.63, 3.8) is 0 Å². The third-order valence-corrected chi connectivity index (χ3v) is 3.37. The first-order valence-electron chi connectivity index (χ1n) is 4.61. The highest BCUT2D eigenvalue weighted by Crippen LogP contribution is 2.22. The van der Waals surface area contributed by atoms with Crippen LogP contribution in [0.5, 0.6) is 0 Å². The molecule has 1 amide bonds. The Bertz CT molecular complexity index is 244. The number of amides is 1. The maximum atomic E-state index is 11.5. The first-order chi connectivity index (χ1) is 6.54. The summed E-state index contributed by atoms with van der Waals surface area (Å²) in [5, 5.41) is 9.41. The molecule has 1 unspecified atom stereocenters. The normalized spacial score (nSPS) is 24.0. The molecule has 1 aliphatic rings. The van der Waals surface area contributed by atoms with Crippen LogP contribution in [0.3, 0.4) is 0 Å². The molecule has 0 aromatic rings. The van der Waals surface area contributed by atoms with E-state index in [0.29, 0.717) is 18.9 Å². The second-order valence-electron chi connectivity index (χ2n) is 3.72. The van der Waals surface area contributed by atoms with Crippen molar-refractivity contribution < 1.29 is 14.7 Å². The lowest BCUT2D eigenvalue weighted by molar-refractivity contribution is -0.139. The van der Waals surface area contributed by atoms with Gasteiger partial charge in [0.1, 0.15) is 0 Å². The van der Waals surface area contributed by atoms with Crippen molar-refractivity contribution in [3.8, 4) is 0 Å². The van der Waals surface area contributed by atoms with Crippen LogP contribution in [0.2, 0.25) is 0 Å². The maximum absolute atomic E-state index is 11.5. The third-order valence-electron chi connectivity index (χ3n) is 2.46. The van der Waals surface area contributed by atoms with E-state index in [0.717, 1.165) is 5.33 Å². The quantitative estimate of drug-likeness (QED) is 0.773. The van der Waals surface area contributed by atoms with Gasteiger partial charge in [0.25, 0.3) is 0 Å². The summed E-state index contributed by atoms with van der Waals surface area (Å²) >= 11 is 3.34. The van der Waals surface area contributed by atoms with E-state index in [-0.39, 0.29) is 18.4 Å². The number of likely N-dealkylation sites (tertiary alicyclic amines) is 1. The van der Waals surface area contributed by atoms with Crippen LogP contribution >= 0.6 is 15.9 Å². The molecule has 0 aromatic carbocycles. The Morgan fingerprint density at radius 3 is 2.86 bits per heavy atom. The van der Waals surface area contributed by atoms with E-state index in [9.17, 15) is 9.59 Å². The van der Waals surface area contributed by atoms with E-state index in [4.69, 9.17) is 5.11 Å². The van der Waals surface area contributed by atoms with Crippen LogP contribution in [0.4, 0.5) is 0 Å². The third kappa shape index (κ3) is 2.70. The van der Waals surface area contributed by atoms with Crippen LogP contribution < -0.4 is 0 Å². The van der Waals surface area contributed by atoms with Gasteiger partial charge in [-0.15, -0.1) is 0 Å². The van der Waals surface area contributed by atoms with E-state index < -0.39 is 5.97 Å². The van der Waals surface area contributed by atoms with Crippen LogP contribution in [-0.2, 0) is 9.59 Å². The molecule has 14 heavy (non-hydrogen) atoms. The Hall–Kier alpha value is -0.580. The molecule has 1 heterocycles. The summed E-state index contributed by atoms with van der Waals surface area (Å²) in [7, 11) is 0. The summed E-state index contributed by atoms with van der Waals surface area (Å²) in [4.78, 5) is 23.6. The molecule has 2 atom stereocenters. The zero-order valence-corrected chi connectivity index (χ0v) is 9.66. The molecule has 80 valence electrons. The van der Waals surface area contributed by atoms with Crippen LogP contribution in [0.1, 0.15) is 19.8 Å². The van der Waals surface area contributed by atoms with Gasteiger partial charge in [0.2, 0.25) is 5.91 Å². The number of halogens is 1. The molecule has 0 saturated carbocycles. The van der Waals surface area contributed by atoms with E-state index in [2.05, 4.69) is 15.9 Å². The Balaban J connectivity index is 2.52. The summed E-state index contributed by atoms with van der Waals surface area (Å²) in [5.41, 5.74) is 0. The van der Waals surface area contributed by atoms with E-state index in [1.54, 1.807) is 11.8 Å². The highest BCUT2D eigenvalue weighted by molar-refractivity contribution is 9.09. The molecule has 0 radical (unpaired) electrons. The average Bonchev–Trinajstić information content (AvgIpc) is 2.45. The summed E-state index contributed by atoms with van der Waals surface area (Å²) in [6.45, 7) is 2.46. The first kappa shape index (κ1) is 11.5. The predicted molar refractivity (Wildman–Crippen MR) is 55.3 cm³/mol. The SMILES string of the molecule is C[C@H](CC(=O)O)N1CC(CBr)CC1=O. The second-order valence-corrected chi connectivity index (χ2v) is 4.36. The van der Waals surface area contributed by atoms with Gasteiger partial charge in [-0.2, -0.15) is 0 Å². The van der Waals surface area contributed by atoms with Gasteiger partial charge in [-0.1, -0.05) is 15.9 Å². The van der Waals surface area contributed by atoms with Crippen molar-refractivity contribution in [3.05, 3.63) is 0 Å². The molecule has 1 rings (SSSR count). The van der Waals surface area contributed by atoms with Crippen molar-refractivity contribution in [2.24, 2.45) is 5.92 Å². The molecule has 0 bridgehead atoms. The summed E-state index contributed by atoms with van der Waals surface area (Å²) in [6.07, 6.45) is 0.565. The number of carbonyl (C=O) groups excluding carboxylic acids is 1. The number of aliphatic carboxylic acids is 1. The van der Waals surface area contributed by atoms with Gasteiger partial charge in [-0.05, 0) is 12.8 Å². The zero-order chi connectivity index (χ0) is 10.7. The number of hydrogen-bond donors (Lipinski definition) is 1. The molecule has 1 aliphatic heterocycles. The number of carbonyl (C=O) groups is 2. The molecule has 0 aliphatic carbocycles. The smallest absolute Gasteiger partial charge is 0.305 e. The van der Waals surface area contributed by atoms with Crippen LogP contribution in [0.15, 0.2) is 0 Å². The van der Waals surface area contributed by atoms with Crippen molar-refractivity contribution >= 4 is 27.8 Å². The molecule has 0 aromatic heterocycles. The summed E-state index contributed by atoms with van der Waals surface area (Å²) < 4.78 is 0. The fourth-order valence-corrected chi connectivity index (χ4v) is 2.13. The van der Waals surface area contributed by atoms with Gasteiger partial charge in [0.05, 0.1) is 6.42 Å². The van der Waals surface area contributed by atoms with Crippen molar-refractivity contribution in [1.29, 1.82) is 0 Å². The van der Waals surface area contributed by atoms with E-state index in [1.165, 1.54) is 0 Å². The number of nitrogens with zero attached hydrogens (tertiary/aromatic N) is 1. The Kier molecular flexibility index (Phi) is 3.92. The van der Waals surface area contributed by atoms with Crippen LogP contribution in [0, 0.1) is 5.92 Å².